The summed E-state index contributed by atoms with van der Waals surface area (Å²) in [6, 6.07) is 1.09. The van der Waals surface area contributed by atoms with Gasteiger partial charge in [0.2, 0.25) is 6.41 Å². The first-order valence-electron chi connectivity index (χ1n) is 8.64. The number of hydrogen-bond acceptors (Lipinski definition) is 1. The number of carbonyl (C=O) groups is 1. The minimum absolute atomic E-state index is 0.544. The smallest absolute Gasteiger partial charge is 0.210 e. The first kappa shape index (κ1) is 14.9. The standard InChI is InChI=1S/C17H31NO/c19-15-18(16-11-7-3-1-4-8-12-16)17-13-9-5-2-6-10-14-17/h15-17H,1-14H2. The first-order valence-corrected chi connectivity index (χ1v) is 8.64. The van der Waals surface area contributed by atoms with Gasteiger partial charge in [-0.25, -0.2) is 0 Å². The van der Waals surface area contributed by atoms with Crippen LogP contribution in [0.15, 0.2) is 0 Å². The highest BCUT2D eigenvalue weighted by Crippen LogP contribution is 2.27. The molecule has 0 unspecified atom stereocenters. The molecule has 2 heteroatoms. The summed E-state index contributed by atoms with van der Waals surface area (Å²) in [6.45, 7) is 0. The lowest BCUT2D eigenvalue weighted by atomic mass is 9.91. The highest BCUT2D eigenvalue weighted by Gasteiger charge is 2.25. The van der Waals surface area contributed by atoms with Crippen LogP contribution in [0.1, 0.15) is 89.9 Å². The van der Waals surface area contributed by atoms with Crippen LogP contribution in [0.3, 0.4) is 0 Å². The van der Waals surface area contributed by atoms with Gasteiger partial charge in [0, 0.05) is 12.1 Å². The molecule has 0 spiro atoms. The molecule has 0 N–H and O–H groups in total. The summed E-state index contributed by atoms with van der Waals surface area (Å²) in [6.07, 6.45) is 19.7. The first-order chi connectivity index (χ1) is 9.42. The van der Waals surface area contributed by atoms with E-state index in [4.69, 9.17) is 0 Å². The fourth-order valence-corrected chi connectivity index (χ4v) is 3.94. The van der Waals surface area contributed by atoms with Gasteiger partial charge in [0.1, 0.15) is 0 Å². The molecule has 110 valence electrons. The van der Waals surface area contributed by atoms with Gasteiger partial charge in [-0.3, -0.25) is 4.79 Å². The molecule has 0 saturated heterocycles. The molecule has 2 aliphatic carbocycles. The van der Waals surface area contributed by atoms with Crippen LogP contribution in [0.25, 0.3) is 0 Å². The zero-order valence-electron chi connectivity index (χ0n) is 12.5. The number of hydrogen-bond donors (Lipinski definition) is 0. The Morgan fingerprint density at radius 2 is 0.895 bits per heavy atom. The number of nitrogens with zero attached hydrogens (tertiary/aromatic N) is 1. The highest BCUT2D eigenvalue weighted by atomic mass is 16.1. The maximum absolute atomic E-state index is 11.6. The summed E-state index contributed by atoms with van der Waals surface area (Å²) in [5.74, 6) is 0. The Morgan fingerprint density at radius 1 is 0.579 bits per heavy atom. The lowest BCUT2D eigenvalue weighted by molar-refractivity contribution is -0.123. The van der Waals surface area contributed by atoms with Crippen molar-refractivity contribution in [1.82, 2.24) is 4.90 Å². The molecular weight excluding hydrogens is 234 g/mol. The fraction of sp³-hybridized carbons (Fsp3) is 0.941. The molecule has 1 amide bonds. The largest absolute Gasteiger partial charge is 0.339 e. The number of rotatable bonds is 3. The molecule has 0 aromatic heterocycles. The average Bonchev–Trinajstić information content (AvgIpc) is 2.34. The second-order valence-corrected chi connectivity index (χ2v) is 6.55. The average molecular weight is 265 g/mol. The van der Waals surface area contributed by atoms with Crippen LogP contribution in [0, 0.1) is 0 Å². The number of carbonyl (C=O) groups excluding carboxylic acids is 1. The van der Waals surface area contributed by atoms with E-state index in [0.29, 0.717) is 12.1 Å². The maximum Gasteiger partial charge on any atom is 0.210 e. The highest BCUT2D eigenvalue weighted by molar-refractivity contribution is 5.48. The van der Waals surface area contributed by atoms with Crippen molar-refractivity contribution >= 4 is 6.41 Å². The second-order valence-electron chi connectivity index (χ2n) is 6.55. The third-order valence-electron chi connectivity index (χ3n) is 5.11. The Hall–Kier alpha value is -0.530. The molecule has 0 atom stereocenters. The summed E-state index contributed by atoms with van der Waals surface area (Å²) in [5.41, 5.74) is 0. The van der Waals surface area contributed by atoms with Crippen molar-refractivity contribution in [3.63, 3.8) is 0 Å². The van der Waals surface area contributed by atoms with Crippen molar-refractivity contribution in [2.45, 2.75) is 102 Å². The van der Waals surface area contributed by atoms with Crippen LogP contribution < -0.4 is 0 Å². The molecule has 0 aromatic carbocycles. The van der Waals surface area contributed by atoms with Crippen LogP contribution in [0.5, 0.6) is 0 Å². The van der Waals surface area contributed by atoms with E-state index in [1.165, 1.54) is 96.3 Å². The SMILES string of the molecule is O=CN(C1CCCCCCC1)C1CCCCCCC1. The van der Waals surface area contributed by atoms with E-state index in [0.717, 1.165) is 0 Å². The van der Waals surface area contributed by atoms with E-state index in [1.54, 1.807) is 0 Å². The molecule has 2 nitrogen and oxygen atoms in total. The van der Waals surface area contributed by atoms with Crippen molar-refractivity contribution in [3.8, 4) is 0 Å². The van der Waals surface area contributed by atoms with E-state index in [2.05, 4.69) is 4.90 Å². The summed E-state index contributed by atoms with van der Waals surface area (Å²) in [4.78, 5) is 13.9. The molecule has 0 aliphatic heterocycles. The van der Waals surface area contributed by atoms with Crippen molar-refractivity contribution in [2.24, 2.45) is 0 Å². The van der Waals surface area contributed by atoms with Gasteiger partial charge in [-0.1, -0.05) is 64.2 Å². The Morgan fingerprint density at radius 3 is 1.21 bits per heavy atom. The van der Waals surface area contributed by atoms with Gasteiger partial charge in [-0.15, -0.1) is 0 Å². The van der Waals surface area contributed by atoms with E-state index >= 15 is 0 Å². The third-order valence-corrected chi connectivity index (χ3v) is 5.11. The van der Waals surface area contributed by atoms with Crippen molar-refractivity contribution in [3.05, 3.63) is 0 Å². The van der Waals surface area contributed by atoms with Gasteiger partial charge in [-0.2, -0.15) is 0 Å². The molecule has 0 radical (unpaired) electrons. The molecular formula is C17H31NO. The zero-order chi connectivity index (χ0) is 13.3. The van der Waals surface area contributed by atoms with E-state index in [9.17, 15) is 4.79 Å². The molecule has 2 fully saturated rings. The Kier molecular flexibility index (Phi) is 6.73. The third kappa shape index (κ3) is 4.81. The predicted octanol–water partition coefficient (Wildman–Crippen LogP) is 4.67. The van der Waals surface area contributed by atoms with E-state index < -0.39 is 0 Å². The normalized spacial score (nSPS) is 24.8. The van der Waals surface area contributed by atoms with Gasteiger partial charge < -0.3 is 4.90 Å². The topological polar surface area (TPSA) is 20.3 Å². The zero-order valence-corrected chi connectivity index (χ0v) is 12.5. The second kappa shape index (κ2) is 8.60. The van der Waals surface area contributed by atoms with Gasteiger partial charge in [0.05, 0.1) is 0 Å². The van der Waals surface area contributed by atoms with Crippen LogP contribution in [-0.2, 0) is 4.79 Å². The van der Waals surface area contributed by atoms with Gasteiger partial charge in [-0.05, 0) is 25.7 Å². The summed E-state index contributed by atoms with van der Waals surface area (Å²) < 4.78 is 0. The maximum atomic E-state index is 11.6. The Labute approximate surface area is 118 Å². The summed E-state index contributed by atoms with van der Waals surface area (Å²) in [5, 5.41) is 0. The minimum Gasteiger partial charge on any atom is -0.339 e. The van der Waals surface area contributed by atoms with Crippen LogP contribution >= 0.6 is 0 Å². The molecule has 19 heavy (non-hydrogen) atoms. The predicted molar refractivity (Wildman–Crippen MR) is 80.1 cm³/mol. The van der Waals surface area contributed by atoms with Crippen molar-refractivity contribution < 1.29 is 4.79 Å². The molecule has 2 rings (SSSR count). The van der Waals surface area contributed by atoms with Gasteiger partial charge >= 0.3 is 0 Å². The lowest BCUT2D eigenvalue weighted by Crippen LogP contribution is -2.43. The van der Waals surface area contributed by atoms with Crippen LogP contribution in [-0.4, -0.2) is 23.4 Å². The lowest BCUT2D eigenvalue weighted by Gasteiger charge is -2.37. The molecule has 0 bridgehead atoms. The summed E-state index contributed by atoms with van der Waals surface area (Å²) in [7, 11) is 0. The van der Waals surface area contributed by atoms with E-state index in [-0.39, 0.29) is 0 Å². The van der Waals surface area contributed by atoms with Gasteiger partial charge in [0.25, 0.3) is 0 Å². The number of amides is 1. The van der Waals surface area contributed by atoms with Crippen molar-refractivity contribution in [2.75, 3.05) is 0 Å². The van der Waals surface area contributed by atoms with Gasteiger partial charge in [0.15, 0.2) is 0 Å². The Bertz CT molecular complexity index is 216. The summed E-state index contributed by atoms with van der Waals surface area (Å²) >= 11 is 0. The Balaban J connectivity index is 1.92. The van der Waals surface area contributed by atoms with Crippen molar-refractivity contribution in [1.29, 1.82) is 0 Å². The van der Waals surface area contributed by atoms with Crippen LogP contribution in [0.4, 0.5) is 0 Å². The quantitative estimate of drug-likeness (QED) is 0.679. The molecule has 2 aliphatic rings. The monoisotopic (exact) mass is 265 g/mol. The van der Waals surface area contributed by atoms with E-state index in [1.807, 2.05) is 0 Å². The van der Waals surface area contributed by atoms with Crippen LogP contribution in [0.2, 0.25) is 0 Å². The molecule has 0 aromatic rings. The fourth-order valence-electron chi connectivity index (χ4n) is 3.94. The minimum atomic E-state index is 0.544. The molecule has 2 saturated carbocycles. The molecule has 0 heterocycles.